The molecule has 0 unspecified atom stereocenters. The van der Waals surface area contributed by atoms with Crippen LogP contribution in [0.5, 0.6) is 5.75 Å². The summed E-state index contributed by atoms with van der Waals surface area (Å²) < 4.78 is 11.7. The van der Waals surface area contributed by atoms with Gasteiger partial charge < -0.3 is 9.15 Å². The smallest absolute Gasteiger partial charge is 0.297 e. The van der Waals surface area contributed by atoms with Crippen LogP contribution in [0.2, 0.25) is 0 Å². The second-order valence-corrected chi connectivity index (χ2v) is 8.78. The number of unbranched alkanes of at least 4 members (excludes halogenated alkanes) is 1. The number of hydrogen-bond donors (Lipinski definition) is 0. The van der Waals surface area contributed by atoms with Crippen molar-refractivity contribution in [2.75, 3.05) is 11.5 Å². The lowest BCUT2D eigenvalue weighted by Gasteiger charge is -2.22. The van der Waals surface area contributed by atoms with Gasteiger partial charge >= 0.3 is 0 Å². The molecule has 0 spiro atoms. The summed E-state index contributed by atoms with van der Waals surface area (Å²) in [6, 6.07) is 13.8. The molecule has 0 radical (unpaired) electrons. The van der Waals surface area contributed by atoms with E-state index in [2.05, 4.69) is 17.1 Å². The Hall–Kier alpha value is -3.52. The highest BCUT2D eigenvalue weighted by Gasteiger charge is 2.45. The quantitative estimate of drug-likeness (QED) is 0.392. The SMILES string of the molecule is CCCCOc1ccc([C@@H]2c3c(oc4ccccc4c3=O)C(=O)N2c2nnc(C)s2)cc1. The minimum Gasteiger partial charge on any atom is -0.494 e. The maximum absolute atomic E-state index is 13.5. The first-order valence-electron chi connectivity index (χ1n) is 10.5. The number of fused-ring (bicyclic) bond motifs is 2. The molecule has 7 nitrogen and oxygen atoms in total. The second kappa shape index (κ2) is 8.20. The average molecular weight is 448 g/mol. The fourth-order valence-corrected chi connectivity index (χ4v) is 4.61. The lowest BCUT2D eigenvalue weighted by Crippen LogP contribution is -2.29. The molecule has 32 heavy (non-hydrogen) atoms. The van der Waals surface area contributed by atoms with Gasteiger partial charge in [0.25, 0.3) is 5.91 Å². The second-order valence-electron chi connectivity index (χ2n) is 7.62. The van der Waals surface area contributed by atoms with Gasteiger partial charge in [-0.2, -0.15) is 0 Å². The number of para-hydroxylation sites is 1. The van der Waals surface area contributed by atoms with E-state index in [0.29, 0.717) is 28.3 Å². The number of amides is 1. The van der Waals surface area contributed by atoms with Crippen LogP contribution < -0.4 is 15.1 Å². The van der Waals surface area contributed by atoms with Crippen molar-refractivity contribution in [2.24, 2.45) is 0 Å². The summed E-state index contributed by atoms with van der Waals surface area (Å²) in [4.78, 5) is 28.4. The van der Waals surface area contributed by atoms with Crippen LogP contribution in [0, 0.1) is 6.92 Å². The first-order valence-corrected chi connectivity index (χ1v) is 11.3. The summed E-state index contributed by atoms with van der Waals surface area (Å²) in [6.07, 6.45) is 2.03. The maximum Gasteiger partial charge on any atom is 0.297 e. The van der Waals surface area contributed by atoms with Gasteiger partial charge in [-0.1, -0.05) is 48.9 Å². The lowest BCUT2D eigenvalue weighted by molar-refractivity contribution is 0.0970. The Labute approximate surface area is 188 Å². The van der Waals surface area contributed by atoms with Gasteiger partial charge in [-0.25, -0.2) is 0 Å². The normalized spacial score (nSPS) is 15.4. The molecule has 162 valence electrons. The number of aryl methyl sites for hydroxylation is 1. The van der Waals surface area contributed by atoms with Crippen LogP contribution in [0.15, 0.2) is 57.7 Å². The fraction of sp³-hybridized carbons (Fsp3) is 0.250. The van der Waals surface area contributed by atoms with E-state index >= 15 is 0 Å². The van der Waals surface area contributed by atoms with E-state index < -0.39 is 11.9 Å². The van der Waals surface area contributed by atoms with Crippen molar-refractivity contribution in [1.82, 2.24) is 10.2 Å². The highest BCUT2D eigenvalue weighted by Crippen LogP contribution is 2.42. The Balaban J connectivity index is 1.65. The summed E-state index contributed by atoms with van der Waals surface area (Å²) in [5.41, 5.74) is 1.27. The third-order valence-electron chi connectivity index (χ3n) is 5.46. The maximum atomic E-state index is 13.5. The predicted molar refractivity (Wildman–Crippen MR) is 123 cm³/mol. The van der Waals surface area contributed by atoms with E-state index in [-0.39, 0.29) is 11.2 Å². The Kier molecular flexibility index (Phi) is 5.22. The number of ether oxygens (including phenoxy) is 1. The molecule has 4 aromatic rings. The molecule has 0 N–H and O–H groups in total. The monoisotopic (exact) mass is 447 g/mol. The van der Waals surface area contributed by atoms with Crippen LogP contribution in [0.1, 0.15) is 52.5 Å². The molecule has 5 rings (SSSR count). The molecule has 2 aromatic heterocycles. The van der Waals surface area contributed by atoms with Crippen molar-refractivity contribution in [3.63, 3.8) is 0 Å². The van der Waals surface area contributed by atoms with E-state index in [1.165, 1.54) is 16.2 Å². The third-order valence-corrected chi connectivity index (χ3v) is 6.30. The number of rotatable bonds is 6. The molecule has 1 aliphatic heterocycles. The van der Waals surface area contributed by atoms with Crippen LogP contribution in [-0.4, -0.2) is 22.7 Å². The van der Waals surface area contributed by atoms with E-state index in [4.69, 9.17) is 9.15 Å². The van der Waals surface area contributed by atoms with Gasteiger partial charge in [-0.15, -0.1) is 10.2 Å². The third kappa shape index (κ3) is 3.36. The number of hydrogen-bond acceptors (Lipinski definition) is 7. The minimum absolute atomic E-state index is 0.0508. The van der Waals surface area contributed by atoms with Crippen molar-refractivity contribution >= 4 is 33.3 Å². The van der Waals surface area contributed by atoms with Crippen molar-refractivity contribution in [3.05, 3.63) is 80.6 Å². The van der Waals surface area contributed by atoms with Crippen LogP contribution in [0.3, 0.4) is 0 Å². The van der Waals surface area contributed by atoms with Gasteiger partial charge in [0, 0.05) is 0 Å². The van der Waals surface area contributed by atoms with Gasteiger partial charge in [0.05, 0.1) is 23.6 Å². The first kappa shape index (κ1) is 20.4. The van der Waals surface area contributed by atoms with Gasteiger partial charge in [0.2, 0.25) is 10.9 Å². The average Bonchev–Trinajstić information content (AvgIpc) is 3.36. The molecule has 0 saturated carbocycles. The van der Waals surface area contributed by atoms with Gasteiger partial charge in [-0.3, -0.25) is 14.5 Å². The van der Waals surface area contributed by atoms with Crippen LogP contribution in [-0.2, 0) is 0 Å². The molecule has 0 saturated heterocycles. The van der Waals surface area contributed by atoms with Crippen molar-refractivity contribution in [2.45, 2.75) is 32.7 Å². The zero-order valence-corrected chi connectivity index (χ0v) is 18.5. The standard InChI is InChI=1S/C24H21N3O4S/c1-3-4-13-30-16-11-9-15(10-12-16)20-19-21(28)17-7-5-6-8-18(17)31-22(19)23(29)27(20)24-26-25-14(2)32-24/h5-12,20H,3-4,13H2,1-2H3/t20-/m1/s1. The molecule has 2 aromatic carbocycles. The molecule has 1 aliphatic rings. The highest BCUT2D eigenvalue weighted by atomic mass is 32.1. The van der Waals surface area contributed by atoms with Crippen molar-refractivity contribution in [1.29, 1.82) is 0 Å². The Morgan fingerprint density at radius 3 is 2.59 bits per heavy atom. The predicted octanol–water partition coefficient (Wildman–Crippen LogP) is 4.88. The number of benzene rings is 2. The molecular weight excluding hydrogens is 426 g/mol. The molecule has 0 fully saturated rings. The Morgan fingerprint density at radius 1 is 1.09 bits per heavy atom. The van der Waals surface area contributed by atoms with E-state index in [0.717, 1.165) is 29.2 Å². The Morgan fingerprint density at radius 2 is 1.88 bits per heavy atom. The van der Waals surface area contributed by atoms with Gasteiger partial charge in [0.1, 0.15) is 16.3 Å². The molecule has 1 atom stereocenters. The number of carbonyl (C=O) groups excluding carboxylic acids is 1. The van der Waals surface area contributed by atoms with Crippen molar-refractivity contribution < 1.29 is 13.9 Å². The van der Waals surface area contributed by atoms with E-state index in [9.17, 15) is 9.59 Å². The highest BCUT2D eigenvalue weighted by molar-refractivity contribution is 7.15. The lowest BCUT2D eigenvalue weighted by atomic mass is 9.98. The molecule has 1 amide bonds. The molecular formula is C24H21N3O4S. The number of carbonyl (C=O) groups is 1. The summed E-state index contributed by atoms with van der Waals surface area (Å²) in [5, 5.41) is 9.84. The van der Waals surface area contributed by atoms with Gasteiger partial charge in [-0.05, 0) is 43.2 Å². The summed E-state index contributed by atoms with van der Waals surface area (Å²) in [7, 11) is 0. The largest absolute Gasteiger partial charge is 0.494 e. The van der Waals surface area contributed by atoms with Crippen LogP contribution in [0.25, 0.3) is 11.0 Å². The Bertz CT molecular complexity index is 1360. The van der Waals surface area contributed by atoms with E-state index in [1.54, 1.807) is 24.3 Å². The number of nitrogens with zero attached hydrogens (tertiary/aromatic N) is 3. The fourth-order valence-electron chi connectivity index (χ4n) is 3.90. The molecule has 3 heterocycles. The molecule has 0 aliphatic carbocycles. The van der Waals surface area contributed by atoms with Crippen molar-refractivity contribution in [3.8, 4) is 5.75 Å². The first-order chi connectivity index (χ1) is 15.6. The summed E-state index contributed by atoms with van der Waals surface area (Å²) in [5.74, 6) is 0.401. The van der Waals surface area contributed by atoms with E-state index in [1.807, 2.05) is 31.2 Å². The number of aromatic nitrogens is 2. The zero-order chi connectivity index (χ0) is 22.2. The molecule has 8 heteroatoms. The zero-order valence-electron chi connectivity index (χ0n) is 17.7. The summed E-state index contributed by atoms with van der Waals surface area (Å²) >= 11 is 1.30. The minimum atomic E-state index is -0.657. The topological polar surface area (TPSA) is 85.5 Å². The summed E-state index contributed by atoms with van der Waals surface area (Å²) in [6.45, 7) is 4.58. The van der Waals surface area contributed by atoms with Gasteiger partial charge in [0.15, 0.2) is 5.43 Å². The van der Waals surface area contributed by atoms with Crippen LogP contribution >= 0.6 is 11.3 Å². The van der Waals surface area contributed by atoms with Crippen LogP contribution in [0.4, 0.5) is 5.13 Å². The number of anilines is 1. The molecule has 0 bridgehead atoms.